The van der Waals surface area contributed by atoms with Crippen molar-refractivity contribution < 1.29 is 22.7 Å². The smallest absolute Gasteiger partial charge is 0.375 e. The molecule has 0 saturated carbocycles. The number of hydrogen-bond acceptors (Lipinski definition) is 3. The molecule has 0 aliphatic carbocycles. The first kappa shape index (κ1) is 15.6. The van der Waals surface area contributed by atoms with E-state index in [4.69, 9.17) is 4.74 Å². The SMILES string of the molecule is C[C@@H]1OCCN(C(=O)Nc2ccn(CC(F)(F)F)n2)[C@@H]1C. The monoisotopic (exact) mass is 306 g/mol. The van der Waals surface area contributed by atoms with E-state index in [-0.39, 0.29) is 18.0 Å². The third-order valence-electron chi connectivity index (χ3n) is 3.36. The number of alkyl halides is 3. The Morgan fingerprint density at radius 1 is 1.52 bits per heavy atom. The molecule has 1 aliphatic heterocycles. The number of aromatic nitrogens is 2. The van der Waals surface area contributed by atoms with Gasteiger partial charge < -0.3 is 9.64 Å². The van der Waals surface area contributed by atoms with Crippen molar-refractivity contribution in [3.8, 4) is 0 Å². The van der Waals surface area contributed by atoms with E-state index < -0.39 is 18.8 Å². The van der Waals surface area contributed by atoms with Gasteiger partial charge in [-0.3, -0.25) is 10.00 Å². The van der Waals surface area contributed by atoms with Gasteiger partial charge in [-0.1, -0.05) is 0 Å². The molecule has 2 rings (SSSR count). The van der Waals surface area contributed by atoms with Crippen LogP contribution >= 0.6 is 0 Å². The van der Waals surface area contributed by atoms with Gasteiger partial charge in [0.1, 0.15) is 6.54 Å². The zero-order valence-electron chi connectivity index (χ0n) is 11.7. The molecule has 1 fully saturated rings. The van der Waals surface area contributed by atoms with E-state index in [1.165, 1.54) is 12.3 Å². The highest BCUT2D eigenvalue weighted by Gasteiger charge is 2.30. The molecule has 21 heavy (non-hydrogen) atoms. The highest BCUT2D eigenvalue weighted by molar-refractivity contribution is 5.88. The third-order valence-corrected chi connectivity index (χ3v) is 3.36. The predicted octanol–water partition coefficient (Wildman–Crippen LogP) is 2.09. The van der Waals surface area contributed by atoms with Gasteiger partial charge in [0, 0.05) is 18.8 Å². The lowest BCUT2D eigenvalue weighted by Gasteiger charge is -2.37. The van der Waals surface area contributed by atoms with Gasteiger partial charge in [-0.2, -0.15) is 18.3 Å². The van der Waals surface area contributed by atoms with Crippen LogP contribution in [0.25, 0.3) is 0 Å². The Hall–Kier alpha value is -1.77. The van der Waals surface area contributed by atoms with Crippen molar-refractivity contribution in [2.75, 3.05) is 18.5 Å². The standard InChI is InChI=1S/C12H17F3N4O2/c1-8-9(2)21-6-5-19(8)11(20)16-10-3-4-18(17-10)7-12(13,14)15/h3-4,8-9H,5-7H2,1-2H3,(H,16,17,20)/t8-,9+/m1/s1. The van der Waals surface area contributed by atoms with Gasteiger partial charge in [-0.05, 0) is 13.8 Å². The summed E-state index contributed by atoms with van der Waals surface area (Å²) in [6, 6.07) is 0.823. The number of ether oxygens (including phenoxy) is 1. The summed E-state index contributed by atoms with van der Waals surface area (Å²) in [5, 5.41) is 6.18. The first-order valence-electron chi connectivity index (χ1n) is 6.56. The van der Waals surface area contributed by atoms with Gasteiger partial charge in [0.05, 0.1) is 18.8 Å². The van der Waals surface area contributed by atoms with Gasteiger partial charge in [0.15, 0.2) is 5.82 Å². The van der Waals surface area contributed by atoms with Crippen LogP contribution in [-0.2, 0) is 11.3 Å². The van der Waals surface area contributed by atoms with Crippen molar-refractivity contribution in [1.29, 1.82) is 0 Å². The van der Waals surface area contributed by atoms with Crippen LogP contribution in [0.5, 0.6) is 0 Å². The highest BCUT2D eigenvalue weighted by atomic mass is 19.4. The lowest BCUT2D eigenvalue weighted by atomic mass is 10.1. The molecule has 2 heterocycles. The minimum absolute atomic E-state index is 0.0905. The second-order valence-corrected chi connectivity index (χ2v) is 4.95. The molecule has 0 spiro atoms. The Bertz CT molecular complexity index is 503. The number of halogens is 3. The van der Waals surface area contributed by atoms with Crippen molar-refractivity contribution in [2.45, 2.75) is 38.7 Å². The zero-order chi connectivity index (χ0) is 15.6. The maximum atomic E-state index is 12.2. The maximum absolute atomic E-state index is 12.2. The summed E-state index contributed by atoms with van der Waals surface area (Å²) in [6.07, 6.45) is -3.26. The molecule has 0 radical (unpaired) electrons. The van der Waals surface area contributed by atoms with Crippen LogP contribution in [0.4, 0.5) is 23.8 Å². The summed E-state index contributed by atoms with van der Waals surface area (Å²) in [6.45, 7) is 3.39. The number of nitrogens with zero attached hydrogens (tertiary/aromatic N) is 3. The highest BCUT2D eigenvalue weighted by Crippen LogP contribution is 2.18. The largest absolute Gasteiger partial charge is 0.408 e. The van der Waals surface area contributed by atoms with Gasteiger partial charge in [0.2, 0.25) is 0 Å². The molecule has 0 aromatic carbocycles. The molecule has 1 aromatic rings. The lowest BCUT2D eigenvalue weighted by Crippen LogP contribution is -2.52. The fraction of sp³-hybridized carbons (Fsp3) is 0.667. The number of carbonyl (C=O) groups is 1. The summed E-state index contributed by atoms with van der Waals surface area (Å²) in [5.74, 6) is 0.0931. The van der Waals surface area contributed by atoms with E-state index in [0.717, 1.165) is 4.68 Å². The second-order valence-electron chi connectivity index (χ2n) is 4.95. The third kappa shape index (κ3) is 4.10. The number of morpholine rings is 1. The Kier molecular flexibility index (Phi) is 4.40. The minimum Gasteiger partial charge on any atom is -0.375 e. The van der Waals surface area contributed by atoms with Gasteiger partial charge >= 0.3 is 12.2 Å². The van der Waals surface area contributed by atoms with Crippen molar-refractivity contribution in [2.24, 2.45) is 0 Å². The number of carbonyl (C=O) groups excluding carboxylic acids is 1. The second kappa shape index (κ2) is 5.92. The van der Waals surface area contributed by atoms with E-state index in [9.17, 15) is 18.0 Å². The number of amides is 2. The molecular weight excluding hydrogens is 289 g/mol. The number of rotatable bonds is 2. The molecule has 1 aromatic heterocycles. The van der Waals surface area contributed by atoms with Gasteiger partial charge in [0.25, 0.3) is 0 Å². The van der Waals surface area contributed by atoms with Crippen LogP contribution in [0, 0.1) is 0 Å². The van der Waals surface area contributed by atoms with Crippen molar-refractivity contribution >= 4 is 11.8 Å². The molecule has 1 aliphatic rings. The van der Waals surface area contributed by atoms with Crippen molar-refractivity contribution in [3.63, 3.8) is 0 Å². The Morgan fingerprint density at radius 2 is 2.24 bits per heavy atom. The van der Waals surface area contributed by atoms with Crippen LogP contribution in [0.3, 0.4) is 0 Å². The molecule has 6 nitrogen and oxygen atoms in total. The van der Waals surface area contributed by atoms with Gasteiger partial charge in [-0.15, -0.1) is 0 Å². The normalized spacial score (nSPS) is 23.2. The van der Waals surface area contributed by atoms with Crippen molar-refractivity contribution in [1.82, 2.24) is 14.7 Å². The number of hydrogen-bond donors (Lipinski definition) is 1. The zero-order valence-corrected chi connectivity index (χ0v) is 11.7. The van der Waals surface area contributed by atoms with Crippen molar-refractivity contribution in [3.05, 3.63) is 12.3 Å². The Labute approximate surface area is 119 Å². The summed E-state index contributed by atoms with van der Waals surface area (Å²) in [4.78, 5) is 13.7. The molecule has 1 saturated heterocycles. The lowest BCUT2D eigenvalue weighted by molar-refractivity contribution is -0.142. The molecular formula is C12H17F3N4O2. The average molecular weight is 306 g/mol. The average Bonchev–Trinajstić information content (AvgIpc) is 2.77. The fourth-order valence-corrected chi connectivity index (χ4v) is 2.10. The molecule has 2 amide bonds. The molecule has 2 atom stereocenters. The predicted molar refractivity (Wildman–Crippen MR) is 68.9 cm³/mol. The number of urea groups is 1. The van der Waals surface area contributed by atoms with Crippen LogP contribution in [0.2, 0.25) is 0 Å². The first-order chi connectivity index (χ1) is 9.76. The van der Waals surface area contributed by atoms with Crippen LogP contribution in [0.1, 0.15) is 13.8 Å². The topological polar surface area (TPSA) is 59.4 Å². The van der Waals surface area contributed by atoms with Gasteiger partial charge in [-0.25, -0.2) is 4.79 Å². The molecule has 0 unspecified atom stereocenters. The molecule has 1 N–H and O–H groups in total. The molecule has 118 valence electrons. The Balaban J connectivity index is 1.96. The Morgan fingerprint density at radius 3 is 2.90 bits per heavy atom. The van der Waals surface area contributed by atoms with Crippen LogP contribution < -0.4 is 5.32 Å². The van der Waals surface area contributed by atoms with E-state index >= 15 is 0 Å². The summed E-state index contributed by atoms with van der Waals surface area (Å²) in [5.41, 5.74) is 0. The fourth-order valence-electron chi connectivity index (χ4n) is 2.10. The first-order valence-corrected chi connectivity index (χ1v) is 6.56. The number of nitrogens with one attached hydrogen (secondary N) is 1. The quantitative estimate of drug-likeness (QED) is 0.910. The van der Waals surface area contributed by atoms with Crippen LogP contribution in [0.15, 0.2) is 12.3 Å². The van der Waals surface area contributed by atoms with Crippen LogP contribution in [-0.4, -0.2) is 52.2 Å². The van der Waals surface area contributed by atoms with E-state index in [0.29, 0.717) is 13.2 Å². The minimum atomic E-state index is -4.35. The maximum Gasteiger partial charge on any atom is 0.408 e. The van der Waals surface area contributed by atoms with E-state index in [1.54, 1.807) is 4.90 Å². The summed E-state index contributed by atoms with van der Waals surface area (Å²) >= 11 is 0. The molecule has 0 bridgehead atoms. The number of anilines is 1. The summed E-state index contributed by atoms with van der Waals surface area (Å²) in [7, 11) is 0. The summed E-state index contributed by atoms with van der Waals surface area (Å²) < 4.78 is 42.8. The van der Waals surface area contributed by atoms with E-state index in [1.807, 2.05) is 13.8 Å². The van der Waals surface area contributed by atoms with E-state index in [2.05, 4.69) is 10.4 Å². The molecule has 9 heteroatoms.